The fraction of sp³-hybridized carbons (Fsp3) is 0.562. The zero-order valence-electron chi connectivity index (χ0n) is 13.0. The van der Waals surface area contributed by atoms with Gasteiger partial charge in [0.2, 0.25) is 5.91 Å². The summed E-state index contributed by atoms with van der Waals surface area (Å²) in [6.07, 6.45) is 1.20. The predicted octanol–water partition coefficient (Wildman–Crippen LogP) is 2.26. The maximum Gasteiger partial charge on any atom is 0.223 e. The molecule has 0 fully saturated rings. The third-order valence-electron chi connectivity index (χ3n) is 2.72. The van der Waals surface area contributed by atoms with Crippen LogP contribution in [-0.2, 0) is 11.4 Å². The molecule has 1 aromatic rings. The summed E-state index contributed by atoms with van der Waals surface area (Å²) in [6.45, 7) is 6.65. The number of hydrogen-bond acceptors (Lipinski definition) is 4. The topological polar surface area (TPSA) is 67.8 Å². The second kappa shape index (κ2) is 9.23. The van der Waals surface area contributed by atoms with E-state index in [0.717, 1.165) is 6.42 Å². The number of benzene rings is 1. The van der Waals surface area contributed by atoms with Gasteiger partial charge < -0.3 is 19.9 Å². The van der Waals surface area contributed by atoms with Gasteiger partial charge in [-0.05, 0) is 32.4 Å². The van der Waals surface area contributed by atoms with Crippen LogP contribution in [-0.4, -0.2) is 30.3 Å². The molecule has 0 aliphatic heterocycles. The summed E-state index contributed by atoms with van der Waals surface area (Å²) in [6, 6.07) is 5.45. The zero-order chi connectivity index (χ0) is 15.7. The Labute approximate surface area is 126 Å². The third-order valence-corrected chi connectivity index (χ3v) is 2.72. The molecule has 0 saturated carbocycles. The molecule has 0 unspecified atom stereocenters. The minimum atomic E-state index is -0.110. The van der Waals surface area contributed by atoms with E-state index in [2.05, 4.69) is 5.32 Å². The van der Waals surface area contributed by atoms with Crippen LogP contribution in [0.4, 0.5) is 0 Å². The summed E-state index contributed by atoms with van der Waals surface area (Å²) >= 11 is 0. The number of hydrogen-bond donors (Lipinski definition) is 2. The largest absolute Gasteiger partial charge is 0.493 e. The molecule has 1 aromatic carbocycles. The van der Waals surface area contributed by atoms with Crippen molar-refractivity contribution in [2.45, 2.75) is 46.3 Å². The van der Waals surface area contributed by atoms with Gasteiger partial charge in [-0.2, -0.15) is 0 Å². The van der Waals surface area contributed by atoms with Crippen molar-refractivity contribution in [3.05, 3.63) is 23.8 Å². The number of rotatable bonds is 9. The van der Waals surface area contributed by atoms with Gasteiger partial charge in [0.15, 0.2) is 0 Å². The average molecular weight is 295 g/mol. The Balaban J connectivity index is 2.57. The van der Waals surface area contributed by atoms with Crippen LogP contribution in [0.15, 0.2) is 18.2 Å². The SMILES string of the molecule is CCCOc1ccc(CO)c(OCCC(=O)NC(C)C)c1. The van der Waals surface area contributed by atoms with E-state index in [4.69, 9.17) is 9.47 Å². The van der Waals surface area contributed by atoms with E-state index >= 15 is 0 Å². The number of aliphatic hydroxyl groups is 1. The molecule has 0 spiro atoms. The van der Waals surface area contributed by atoms with Crippen molar-refractivity contribution in [3.8, 4) is 11.5 Å². The second-order valence-electron chi connectivity index (χ2n) is 5.10. The van der Waals surface area contributed by atoms with Crippen LogP contribution in [0.3, 0.4) is 0 Å². The first-order chi connectivity index (χ1) is 10.1. The molecule has 0 aromatic heterocycles. The van der Waals surface area contributed by atoms with Gasteiger partial charge in [-0.15, -0.1) is 0 Å². The highest BCUT2D eigenvalue weighted by molar-refractivity contribution is 5.76. The van der Waals surface area contributed by atoms with Crippen molar-refractivity contribution in [1.29, 1.82) is 0 Å². The van der Waals surface area contributed by atoms with Gasteiger partial charge in [-0.3, -0.25) is 4.79 Å². The Bertz CT molecular complexity index is 446. The molecule has 0 bridgehead atoms. The molecule has 1 rings (SSSR count). The van der Waals surface area contributed by atoms with Gasteiger partial charge in [-0.25, -0.2) is 0 Å². The number of aliphatic hydroxyl groups excluding tert-OH is 1. The molecule has 1 amide bonds. The van der Waals surface area contributed by atoms with Crippen molar-refractivity contribution >= 4 is 5.91 Å². The standard InChI is InChI=1S/C16H25NO4/c1-4-8-20-14-6-5-13(11-18)15(10-14)21-9-7-16(19)17-12(2)3/h5-6,10,12,18H,4,7-9,11H2,1-3H3,(H,17,19). The summed E-state index contributed by atoms with van der Waals surface area (Å²) in [5.74, 6) is 1.22. The third kappa shape index (κ3) is 6.49. The second-order valence-corrected chi connectivity index (χ2v) is 5.10. The van der Waals surface area contributed by atoms with E-state index in [9.17, 15) is 9.90 Å². The molecular formula is C16H25NO4. The molecule has 0 atom stereocenters. The first-order valence-corrected chi connectivity index (χ1v) is 7.35. The van der Waals surface area contributed by atoms with Gasteiger partial charge >= 0.3 is 0 Å². The lowest BCUT2D eigenvalue weighted by Gasteiger charge is -2.13. The van der Waals surface area contributed by atoms with E-state index in [1.807, 2.05) is 20.8 Å². The first-order valence-electron chi connectivity index (χ1n) is 7.35. The Morgan fingerprint density at radius 1 is 1.29 bits per heavy atom. The van der Waals surface area contributed by atoms with Crippen LogP contribution >= 0.6 is 0 Å². The minimum absolute atomic E-state index is 0.0473. The van der Waals surface area contributed by atoms with E-state index in [1.165, 1.54) is 0 Å². The lowest BCUT2D eigenvalue weighted by atomic mass is 10.2. The Morgan fingerprint density at radius 3 is 2.67 bits per heavy atom. The Morgan fingerprint density at radius 2 is 2.05 bits per heavy atom. The van der Waals surface area contributed by atoms with Crippen molar-refractivity contribution < 1.29 is 19.4 Å². The van der Waals surface area contributed by atoms with Crippen molar-refractivity contribution in [3.63, 3.8) is 0 Å². The van der Waals surface area contributed by atoms with Crippen LogP contribution in [0.1, 0.15) is 39.2 Å². The van der Waals surface area contributed by atoms with Gasteiger partial charge in [-0.1, -0.05) is 6.92 Å². The minimum Gasteiger partial charge on any atom is -0.493 e. The smallest absolute Gasteiger partial charge is 0.223 e. The van der Waals surface area contributed by atoms with Crippen molar-refractivity contribution in [1.82, 2.24) is 5.32 Å². The highest BCUT2D eigenvalue weighted by atomic mass is 16.5. The summed E-state index contributed by atoms with van der Waals surface area (Å²) in [7, 11) is 0. The van der Waals surface area contributed by atoms with E-state index in [1.54, 1.807) is 18.2 Å². The molecule has 0 heterocycles. The van der Waals surface area contributed by atoms with Crippen LogP contribution in [0.5, 0.6) is 11.5 Å². The predicted molar refractivity (Wildman–Crippen MR) is 81.5 cm³/mol. The summed E-state index contributed by atoms with van der Waals surface area (Å²) in [5.41, 5.74) is 0.683. The fourth-order valence-electron chi connectivity index (χ4n) is 1.76. The number of carbonyl (C=O) groups excluding carboxylic acids is 1. The highest BCUT2D eigenvalue weighted by Gasteiger charge is 2.08. The van der Waals surface area contributed by atoms with E-state index in [0.29, 0.717) is 23.7 Å². The maximum atomic E-state index is 11.5. The number of ether oxygens (including phenoxy) is 2. The monoisotopic (exact) mass is 295 g/mol. The molecule has 0 aliphatic rings. The normalized spacial score (nSPS) is 10.5. The fourth-order valence-corrected chi connectivity index (χ4v) is 1.76. The van der Waals surface area contributed by atoms with E-state index in [-0.39, 0.29) is 31.6 Å². The van der Waals surface area contributed by atoms with Crippen LogP contribution in [0.25, 0.3) is 0 Å². The quantitative estimate of drug-likeness (QED) is 0.733. The lowest BCUT2D eigenvalue weighted by molar-refractivity contribution is -0.122. The Hall–Kier alpha value is -1.75. The molecule has 5 nitrogen and oxygen atoms in total. The average Bonchev–Trinajstić information content (AvgIpc) is 2.44. The molecule has 5 heteroatoms. The maximum absolute atomic E-state index is 11.5. The van der Waals surface area contributed by atoms with Crippen molar-refractivity contribution in [2.75, 3.05) is 13.2 Å². The van der Waals surface area contributed by atoms with Gasteiger partial charge in [0.25, 0.3) is 0 Å². The van der Waals surface area contributed by atoms with Crippen LogP contribution in [0.2, 0.25) is 0 Å². The highest BCUT2D eigenvalue weighted by Crippen LogP contribution is 2.25. The molecular weight excluding hydrogens is 270 g/mol. The molecule has 0 saturated heterocycles. The molecule has 21 heavy (non-hydrogen) atoms. The molecule has 0 radical (unpaired) electrons. The summed E-state index contributed by atoms with van der Waals surface area (Å²) in [5, 5.41) is 12.1. The van der Waals surface area contributed by atoms with E-state index < -0.39 is 0 Å². The lowest BCUT2D eigenvalue weighted by Crippen LogP contribution is -2.31. The van der Waals surface area contributed by atoms with Gasteiger partial charge in [0.05, 0.1) is 26.2 Å². The van der Waals surface area contributed by atoms with Crippen LogP contribution < -0.4 is 14.8 Å². The van der Waals surface area contributed by atoms with Crippen molar-refractivity contribution in [2.24, 2.45) is 0 Å². The van der Waals surface area contributed by atoms with Gasteiger partial charge in [0.1, 0.15) is 11.5 Å². The number of carbonyl (C=O) groups is 1. The summed E-state index contributed by atoms with van der Waals surface area (Å²) < 4.78 is 11.1. The first kappa shape index (κ1) is 17.3. The van der Waals surface area contributed by atoms with Crippen LogP contribution in [0, 0.1) is 0 Å². The summed E-state index contributed by atoms with van der Waals surface area (Å²) in [4.78, 5) is 11.5. The molecule has 0 aliphatic carbocycles. The molecule has 2 N–H and O–H groups in total. The number of nitrogens with one attached hydrogen (secondary N) is 1. The molecule has 118 valence electrons. The Kier molecular flexibility index (Phi) is 7.61. The number of amides is 1. The van der Waals surface area contributed by atoms with Gasteiger partial charge in [0, 0.05) is 17.7 Å². The zero-order valence-corrected chi connectivity index (χ0v) is 13.0.